The second kappa shape index (κ2) is 9.91. The van der Waals surface area contributed by atoms with Gasteiger partial charge in [0.1, 0.15) is 0 Å². The van der Waals surface area contributed by atoms with Crippen LogP contribution in [-0.4, -0.2) is 23.1 Å². The molecule has 0 aliphatic rings. The van der Waals surface area contributed by atoms with E-state index in [-0.39, 0.29) is 37.0 Å². The second-order valence-electron chi connectivity index (χ2n) is 5.17. The molecular weight excluding hydrogens is 245 g/mol. The molecule has 0 fully saturated rings. The van der Waals surface area contributed by atoms with Crippen LogP contribution in [0, 0.1) is 6.61 Å². The van der Waals surface area contributed by atoms with E-state index in [4.69, 9.17) is 4.74 Å². The van der Waals surface area contributed by atoms with Gasteiger partial charge in [-0.1, -0.05) is 42.3 Å². The fourth-order valence-electron chi connectivity index (χ4n) is 2.08. The maximum Gasteiger partial charge on any atom is 1.00 e. The maximum atomic E-state index is 11.9. The molecule has 0 unspecified atom stereocenters. The van der Waals surface area contributed by atoms with Crippen molar-refractivity contribution < 1.29 is 28.4 Å². The SMILES string of the molecule is CC(C)N(C(=O)O[CH-]CCc1ccccc1)C(C)C.[Li+]. The van der Waals surface area contributed by atoms with Crippen LogP contribution in [0.3, 0.4) is 0 Å². The van der Waals surface area contributed by atoms with Gasteiger partial charge in [0.15, 0.2) is 0 Å². The van der Waals surface area contributed by atoms with Crippen LogP contribution in [0.1, 0.15) is 39.7 Å². The van der Waals surface area contributed by atoms with E-state index < -0.39 is 0 Å². The van der Waals surface area contributed by atoms with Gasteiger partial charge in [0.05, 0.1) is 0 Å². The molecule has 0 saturated heterocycles. The van der Waals surface area contributed by atoms with Gasteiger partial charge in [0.2, 0.25) is 0 Å². The summed E-state index contributed by atoms with van der Waals surface area (Å²) in [5.74, 6) is 0. The molecule has 0 aromatic heterocycles. The fourth-order valence-corrected chi connectivity index (χ4v) is 2.08. The second-order valence-corrected chi connectivity index (χ2v) is 5.17. The van der Waals surface area contributed by atoms with Crippen molar-refractivity contribution in [2.45, 2.75) is 52.6 Å². The van der Waals surface area contributed by atoms with Crippen LogP contribution in [0.4, 0.5) is 4.79 Å². The Kier molecular flexibility index (Phi) is 9.46. The zero-order chi connectivity index (χ0) is 14.3. The average molecular weight is 269 g/mol. The van der Waals surface area contributed by atoms with E-state index in [2.05, 4.69) is 12.1 Å². The third-order valence-electron chi connectivity index (χ3n) is 2.90. The molecule has 3 nitrogen and oxygen atoms in total. The number of amides is 1. The molecule has 0 bridgehead atoms. The van der Waals surface area contributed by atoms with Crippen molar-refractivity contribution in [3.63, 3.8) is 0 Å². The first-order chi connectivity index (χ1) is 9.02. The van der Waals surface area contributed by atoms with Gasteiger partial charge in [0.25, 0.3) is 0 Å². The van der Waals surface area contributed by atoms with Gasteiger partial charge in [-0.25, -0.2) is 4.79 Å². The van der Waals surface area contributed by atoms with Gasteiger partial charge in [-0.05, 0) is 27.7 Å². The zero-order valence-corrected chi connectivity index (χ0v) is 13.3. The Morgan fingerprint density at radius 3 is 2.20 bits per heavy atom. The smallest absolute Gasteiger partial charge is 0.621 e. The monoisotopic (exact) mass is 269 g/mol. The van der Waals surface area contributed by atoms with Crippen LogP contribution in [0.25, 0.3) is 0 Å². The molecule has 106 valence electrons. The summed E-state index contributed by atoms with van der Waals surface area (Å²) in [6.45, 7) is 9.57. The predicted octanol–water partition coefficient (Wildman–Crippen LogP) is 1.04. The van der Waals surface area contributed by atoms with Gasteiger partial charge in [-0.3, -0.25) is 0 Å². The van der Waals surface area contributed by atoms with Crippen LogP contribution >= 0.6 is 0 Å². The van der Waals surface area contributed by atoms with E-state index in [1.165, 1.54) is 5.56 Å². The summed E-state index contributed by atoms with van der Waals surface area (Å²) in [6, 6.07) is 10.5. The Morgan fingerprint density at radius 2 is 1.70 bits per heavy atom. The Bertz CT molecular complexity index is 371. The largest absolute Gasteiger partial charge is 1.00 e. The zero-order valence-electron chi connectivity index (χ0n) is 13.3. The first-order valence-electron chi connectivity index (χ1n) is 6.87. The minimum atomic E-state index is -0.266. The quantitative estimate of drug-likeness (QED) is 0.439. The van der Waals surface area contributed by atoms with E-state index in [9.17, 15) is 4.79 Å². The molecule has 4 heteroatoms. The van der Waals surface area contributed by atoms with E-state index in [1.807, 2.05) is 45.9 Å². The molecule has 0 radical (unpaired) electrons. The molecule has 0 aliphatic carbocycles. The molecule has 0 atom stereocenters. The topological polar surface area (TPSA) is 29.5 Å². The van der Waals surface area contributed by atoms with Crippen LogP contribution in [-0.2, 0) is 11.2 Å². The Morgan fingerprint density at radius 1 is 1.15 bits per heavy atom. The van der Waals surface area contributed by atoms with Crippen LogP contribution in [0.15, 0.2) is 30.3 Å². The fraction of sp³-hybridized carbons (Fsp3) is 0.500. The van der Waals surface area contributed by atoms with Crippen molar-refractivity contribution in [2.75, 3.05) is 0 Å². The first kappa shape index (κ1) is 19.1. The molecule has 0 heterocycles. The van der Waals surface area contributed by atoms with Crippen LogP contribution in [0.2, 0.25) is 0 Å². The molecule has 1 aromatic rings. The predicted molar refractivity (Wildman–Crippen MR) is 77.7 cm³/mol. The number of rotatable bonds is 6. The van der Waals surface area contributed by atoms with Gasteiger partial charge in [-0.15, -0.1) is 6.42 Å². The van der Waals surface area contributed by atoms with E-state index in [0.29, 0.717) is 0 Å². The molecule has 0 N–H and O–H groups in total. The van der Waals surface area contributed by atoms with Crippen molar-refractivity contribution in [3.8, 4) is 0 Å². The standard InChI is InChI=1S/C16H24NO2.Li/c1-13(2)17(14(3)4)16(18)19-12-8-11-15-9-6-5-7-10-15;/h5-7,9-10,12-14H,8,11H2,1-4H3;/q-1;+1. The van der Waals surface area contributed by atoms with Crippen molar-refractivity contribution >= 4 is 6.09 Å². The minimum absolute atomic E-state index is 0. The van der Waals surface area contributed by atoms with Crippen LogP contribution < -0.4 is 18.9 Å². The Labute approximate surface area is 134 Å². The molecule has 0 saturated carbocycles. The number of nitrogens with zero attached hydrogens (tertiary/aromatic N) is 1. The molecule has 1 aromatic carbocycles. The van der Waals surface area contributed by atoms with Gasteiger partial charge >= 0.3 is 25.0 Å². The molecule has 0 spiro atoms. The summed E-state index contributed by atoms with van der Waals surface area (Å²) in [4.78, 5) is 13.6. The van der Waals surface area contributed by atoms with E-state index in [1.54, 1.807) is 11.5 Å². The summed E-state index contributed by atoms with van der Waals surface area (Å²) in [7, 11) is 0. The van der Waals surface area contributed by atoms with E-state index >= 15 is 0 Å². The summed E-state index contributed by atoms with van der Waals surface area (Å²) in [6.07, 6.45) is 1.36. The maximum absolute atomic E-state index is 11.9. The van der Waals surface area contributed by atoms with Crippen molar-refractivity contribution in [3.05, 3.63) is 42.5 Å². The Hall–Kier alpha value is -0.913. The van der Waals surface area contributed by atoms with Crippen molar-refractivity contribution in [2.24, 2.45) is 0 Å². The Balaban J connectivity index is 0.00000361. The molecular formula is C16H24LiNO2. The molecule has 0 aliphatic heterocycles. The number of hydrogen-bond acceptors (Lipinski definition) is 2. The van der Waals surface area contributed by atoms with Gasteiger partial charge in [0, 0.05) is 12.1 Å². The van der Waals surface area contributed by atoms with Crippen LogP contribution in [0.5, 0.6) is 0 Å². The third kappa shape index (κ3) is 6.50. The summed E-state index contributed by atoms with van der Waals surface area (Å²) >= 11 is 0. The van der Waals surface area contributed by atoms with Crippen molar-refractivity contribution in [1.82, 2.24) is 4.90 Å². The first-order valence-corrected chi connectivity index (χ1v) is 6.87. The summed E-state index contributed by atoms with van der Waals surface area (Å²) in [5, 5.41) is 0. The number of benzene rings is 1. The minimum Gasteiger partial charge on any atom is -0.621 e. The number of carbonyl (C=O) groups excluding carboxylic acids is 1. The molecule has 1 rings (SSSR count). The number of hydrogen-bond donors (Lipinski definition) is 0. The van der Waals surface area contributed by atoms with E-state index in [0.717, 1.165) is 12.8 Å². The number of carbonyl (C=O) groups is 1. The third-order valence-corrected chi connectivity index (χ3v) is 2.90. The summed E-state index contributed by atoms with van der Waals surface area (Å²) in [5.41, 5.74) is 1.25. The number of ether oxygens (including phenoxy) is 1. The average Bonchev–Trinajstić information content (AvgIpc) is 2.35. The van der Waals surface area contributed by atoms with Gasteiger partial charge in [-0.2, -0.15) is 6.61 Å². The summed E-state index contributed by atoms with van der Waals surface area (Å²) < 4.78 is 5.21. The van der Waals surface area contributed by atoms with Gasteiger partial charge < -0.3 is 9.64 Å². The number of aryl methyl sites for hydroxylation is 1. The molecule has 1 amide bonds. The normalized spacial score (nSPS) is 10.3. The van der Waals surface area contributed by atoms with Crippen molar-refractivity contribution in [1.29, 1.82) is 0 Å². The molecule has 20 heavy (non-hydrogen) atoms.